The van der Waals surface area contributed by atoms with Crippen molar-refractivity contribution in [2.75, 3.05) is 36.0 Å². The third-order valence-electron chi connectivity index (χ3n) is 3.86. The zero-order chi connectivity index (χ0) is 15.5. The van der Waals surface area contributed by atoms with Gasteiger partial charge < -0.3 is 15.5 Å². The van der Waals surface area contributed by atoms with Gasteiger partial charge in [0.05, 0.1) is 16.4 Å². The Morgan fingerprint density at radius 1 is 1.25 bits per heavy atom. The SMILES string of the molecule is CCN1CCN(C(=O)c2csc(CCN)n2)c2ccccc21.Cl.Cl. The van der Waals surface area contributed by atoms with Crippen LogP contribution in [0, 0.1) is 0 Å². The first-order valence-corrected chi connectivity index (χ1v) is 8.43. The molecule has 0 radical (unpaired) electrons. The lowest BCUT2D eigenvalue weighted by atomic mass is 10.1. The number of carbonyl (C=O) groups excluding carboxylic acids is 1. The monoisotopic (exact) mass is 388 g/mol. The Bertz CT molecular complexity index is 680. The highest BCUT2D eigenvalue weighted by atomic mass is 35.5. The van der Waals surface area contributed by atoms with E-state index in [9.17, 15) is 4.79 Å². The van der Waals surface area contributed by atoms with Gasteiger partial charge in [0.15, 0.2) is 0 Å². The molecule has 3 rings (SSSR count). The Morgan fingerprint density at radius 3 is 2.62 bits per heavy atom. The van der Waals surface area contributed by atoms with Crippen molar-refractivity contribution < 1.29 is 4.79 Å². The van der Waals surface area contributed by atoms with Crippen LogP contribution in [0.15, 0.2) is 29.6 Å². The summed E-state index contributed by atoms with van der Waals surface area (Å²) in [6.45, 7) is 5.16. The molecule has 0 spiro atoms. The van der Waals surface area contributed by atoms with Gasteiger partial charge in [-0.3, -0.25) is 4.79 Å². The van der Waals surface area contributed by atoms with Crippen LogP contribution < -0.4 is 15.5 Å². The average molecular weight is 389 g/mol. The van der Waals surface area contributed by atoms with Crippen molar-refractivity contribution in [2.45, 2.75) is 13.3 Å². The molecular weight excluding hydrogens is 367 g/mol. The molecule has 5 nitrogen and oxygen atoms in total. The molecule has 0 atom stereocenters. The lowest BCUT2D eigenvalue weighted by Crippen LogP contribution is -2.44. The second-order valence-corrected chi connectivity index (χ2v) is 6.13. The van der Waals surface area contributed by atoms with Crippen LogP contribution in [0.5, 0.6) is 0 Å². The molecule has 2 aromatic rings. The molecule has 1 amide bonds. The summed E-state index contributed by atoms with van der Waals surface area (Å²) in [6, 6.07) is 8.05. The highest BCUT2D eigenvalue weighted by Crippen LogP contribution is 2.33. The molecule has 1 aromatic carbocycles. The number of halogens is 2. The van der Waals surface area contributed by atoms with Gasteiger partial charge in [-0.05, 0) is 25.6 Å². The molecule has 1 aliphatic heterocycles. The summed E-state index contributed by atoms with van der Waals surface area (Å²) >= 11 is 1.50. The molecular formula is C16H22Cl2N4OS. The van der Waals surface area contributed by atoms with Gasteiger partial charge in [0, 0.05) is 31.4 Å². The van der Waals surface area contributed by atoms with Gasteiger partial charge in [0.1, 0.15) is 5.69 Å². The minimum atomic E-state index is -0.0253. The first-order chi connectivity index (χ1) is 10.7. The van der Waals surface area contributed by atoms with E-state index in [4.69, 9.17) is 5.73 Å². The van der Waals surface area contributed by atoms with Crippen molar-refractivity contribution in [2.24, 2.45) is 5.73 Å². The fourth-order valence-electron chi connectivity index (χ4n) is 2.75. The van der Waals surface area contributed by atoms with E-state index >= 15 is 0 Å². The van der Waals surface area contributed by atoms with E-state index in [0.29, 0.717) is 18.8 Å². The molecule has 24 heavy (non-hydrogen) atoms. The topological polar surface area (TPSA) is 62.5 Å². The Balaban J connectivity index is 0.00000144. The van der Waals surface area contributed by atoms with Gasteiger partial charge in [-0.2, -0.15) is 0 Å². The third-order valence-corrected chi connectivity index (χ3v) is 4.77. The molecule has 0 saturated carbocycles. The molecule has 0 aliphatic carbocycles. The molecule has 0 fully saturated rings. The van der Waals surface area contributed by atoms with Crippen molar-refractivity contribution >= 4 is 53.4 Å². The Kier molecular flexibility index (Phi) is 7.96. The highest BCUT2D eigenvalue weighted by molar-refractivity contribution is 7.09. The van der Waals surface area contributed by atoms with E-state index in [1.165, 1.54) is 11.3 Å². The summed E-state index contributed by atoms with van der Waals surface area (Å²) < 4.78 is 0. The Hall–Kier alpha value is -1.34. The number of nitrogens with zero attached hydrogens (tertiary/aromatic N) is 3. The maximum absolute atomic E-state index is 12.8. The van der Waals surface area contributed by atoms with Crippen LogP contribution in [0.3, 0.4) is 0 Å². The van der Waals surface area contributed by atoms with Crippen molar-refractivity contribution in [3.05, 3.63) is 40.3 Å². The van der Waals surface area contributed by atoms with Crippen LogP contribution in [0.4, 0.5) is 11.4 Å². The van der Waals surface area contributed by atoms with Crippen LogP contribution >= 0.6 is 36.2 Å². The van der Waals surface area contributed by atoms with E-state index in [-0.39, 0.29) is 30.7 Å². The molecule has 0 unspecified atom stereocenters. The number of carbonyl (C=O) groups is 1. The van der Waals surface area contributed by atoms with Gasteiger partial charge in [0.25, 0.3) is 5.91 Å². The smallest absolute Gasteiger partial charge is 0.277 e. The van der Waals surface area contributed by atoms with Gasteiger partial charge >= 0.3 is 0 Å². The number of fused-ring (bicyclic) bond motifs is 1. The zero-order valence-electron chi connectivity index (χ0n) is 13.5. The Morgan fingerprint density at radius 2 is 1.96 bits per heavy atom. The summed E-state index contributed by atoms with van der Waals surface area (Å²) in [5, 5.41) is 2.76. The van der Waals surface area contributed by atoms with E-state index < -0.39 is 0 Å². The van der Waals surface area contributed by atoms with Gasteiger partial charge in [-0.25, -0.2) is 4.98 Å². The number of benzene rings is 1. The number of para-hydroxylation sites is 2. The second-order valence-electron chi connectivity index (χ2n) is 5.19. The molecule has 1 aliphatic rings. The third kappa shape index (κ3) is 4.00. The lowest BCUT2D eigenvalue weighted by molar-refractivity contribution is 0.0982. The number of rotatable bonds is 4. The van der Waals surface area contributed by atoms with Crippen LogP contribution in [0.25, 0.3) is 0 Å². The average Bonchev–Trinajstić information content (AvgIpc) is 3.02. The van der Waals surface area contributed by atoms with E-state index in [2.05, 4.69) is 22.9 Å². The molecule has 2 heterocycles. The maximum atomic E-state index is 12.8. The summed E-state index contributed by atoms with van der Waals surface area (Å²) in [5.74, 6) is -0.0253. The van der Waals surface area contributed by atoms with E-state index in [1.807, 2.05) is 28.5 Å². The molecule has 132 valence electrons. The van der Waals surface area contributed by atoms with Crippen molar-refractivity contribution in [1.82, 2.24) is 4.98 Å². The summed E-state index contributed by atoms with van der Waals surface area (Å²) in [5.41, 5.74) is 8.15. The number of aromatic nitrogens is 1. The van der Waals surface area contributed by atoms with Crippen molar-refractivity contribution in [3.8, 4) is 0 Å². The van der Waals surface area contributed by atoms with E-state index in [0.717, 1.165) is 35.9 Å². The Labute approximate surface area is 158 Å². The first-order valence-electron chi connectivity index (χ1n) is 7.55. The van der Waals surface area contributed by atoms with Crippen molar-refractivity contribution in [1.29, 1.82) is 0 Å². The van der Waals surface area contributed by atoms with Gasteiger partial charge in [0.2, 0.25) is 0 Å². The zero-order valence-corrected chi connectivity index (χ0v) is 15.9. The largest absolute Gasteiger partial charge is 0.368 e. The maximum Gasteiger partial charge on any atom is 0.277 e. The molecule has 8 heteroatoms. The first kappa shape index (κ1) is 20.7. The second kappa shape index (κ2) is 9.22. The number of hydrogen-bond donors (Lipinski definition) is 1. The van der Waals surface area contributed by atoms with Crippen LogP contribution in [-0.2, 0) is 6.42 Å². The number of amides is 1. The minimum absolute atomic E-state index is 0. The fourth-order valence-corrected chi connectivity index (χ4v) is 3.53. The van der Waals surface area contributed by atoms with Crippen LogP contribution in [0.1, 0.15) is 22.4 Å². The molecule has 0 saturated heterocycles. The standard InChI is InChI=1S/C16H20N4OS.2ClH/c1-2-19-9-10-20(14-6-4-3-5-13(14)19)16(21)12-11-22-15(18-12)7-8-17;;/h3-6,11H,2,7-10,17H2,1H3;2*1H. The number of likely N-dealkylation sites (N-methyl/N-ethyl adjacent to an activating group) is 1. The molecule has 1 aromatic heterocycles. The fraction of sp³-hybridized carbons (Fsp3) is 0.375. The number of hydrogen-bond acceptors (Lipinski definition) is 5. The number of thiazole rings is 1. The predicted octanol–water partition coefficient (Wildman–Crippen LogP) is 2.97. The number of nitrogens with two attached hydrogens (primary N) is 1. The van der Waals surface area contributed by atoms with E-state index in [1.54, 1.807) is 0 Å². The summed E-state index contributed by atoms with van der Waals surface area (Å²) in [4.78, 5) is 21.3. The molecule has 2 N–H and O–H groups in total. The number of anilines is 2. The summed E-state index contributed by atoms with van der Waals surface area (Å²) in [6.07, 6.45) is 0.720. The van der Waals surface area contributed by atoms with Crippen LogP contribution in [-0.4, -0.2) is 37.1 Å². The highest BCUT2D eigenvalue weighted by Gasteiger charge is 2.27. The lowest BCUT2D eigenvalue weighted by Gasteiger charge is -2.36. The molecule has 0 bridgehead atoms. The van der Waals surface area contributed by atoms with Gasteiger partial charge in [-0.15, -0.1) is 36.2 Å². The minimum Gasteiger partial charge on any atom is -0.368 e. The predicted molar refractivity (Wildman–Crippen MR) is 105 cm³/mol. The normalized spacial score (nSPS) is 12.9. The van der Waals surface area contributed by atoms with Crippen LogP contribution in [0.2, 0.25) is 0 Å². The van der Waals surface area contributed by atoms with Gasteiger partial charge in [-0.1, -0.05) is 12.1 Å². The van der Waals surface area contributed by atoms with Crippen molar-refractivity contribution in [3.63, 3.8) is 0 Å². The summed E-state index contributed by atoms with van der Waals surface area (Å²) in [7, 11) is 0. The quantitative estimate of drug-likeness (QED) is 0.874.